The predicted octanol–water partition coefficient (Wildman–Crippen LogP) is 3.78. The maximum absolute atomic E-state index is 12.2. The van der Waals surface area contributed by atoms with Crippen molar-refractivity contribution in [2.24, 2.45) is 0 Å². The predicted molar refractivity (Wildman–Crippen MR) is 116 cm³/mol. The van der Waals surface area contributed by atoms with Gasteiger partial charge in [-0.25, -0.2) is 4.79 Å². The number of hydrogen-bond acceptors (Lipinski definition) is 7. The number of ether oxygens (including phenoxy) is 2. The smallest absolute Gasteiger partial charge is 0.338 e. The Bertz CT molecular complexity index is 939. The summed E-state index contributed by atoms with van der Waals surface area (Å²) in [7, 11) is 0. The molecule has 1 fully saturated rings. The Hall–Kier alpha value is -3.62. The number of hydrogen-bond donors (Lipinski definition) is 1. The fourth-order valence-corrected chi connectivity index (χ4v) is 3.38. The van der Waals surface area contributed by atoms with Crippen molar-refractivity contribution in [2.45, 2.75) is 26.2 Å². The minimum absolute atomic E-state index is 0.0335. The molecule has 0 atom stereocenters. The maximum Gasteiger partial charge on any atom is 0.338 e. The number of nitro benzene ring substituents is 1. The Balaban J connectivity index is 1.54. The summed E-state index contributed by atoms with van der Waals surface area (Å²) in [5, 5.41) is 13.8. The molecule has 1 aliphatic rings. The molecular weight excluding hydrogens is 402 g/mol. The highest BCUT2D eigenvalue weighted by atomic mass is 16.6. The lowest BCUT2D eigenvalue weighted by Crippen LogP contribution is -2.29. The lowest BCUT2D eigenvalue weighted by atomic mass is 10.1. The number of piperidine rings is 1. The molecule has 0 saturated carbocycles. The van der Waals surface area contributed by atoms with Gasteiger partial charge in [-0.1, -0.05) is 0 Å². The van der Waals surface area contributed by atoms with Crippen LogP contribution in [0.4, 0.5) is 17.1 Å². The zero-order chi connectivity index (χ0) is 22.2. The van der Waals surface area contributed by atoms with E-state index in [1.807, 2.05) is 12.1 Å². The molecule has 1 amide bonds. The second-order valence-electron chi connectivity index (χ2n) is 7.09. The highest BCUT2D eigenvalue weighted by Gasteiger charge is 2.20. The number of carbonyl (C=O) groups excluding carboxylic acids is 2. The van der Waals surface area contributed by atoms with Crippen LogP contribution in [0.3, 0.4) is 0 Å². The fourth-order valence-electron chi connectivity index (χ4n) is 3.38. The SMILES string of the molecule is CCOc1ccc(C(=O)OCC(=O)Nc2ccc(N3CCCCC3)cc2)cc1[N+](=O)[O-]. The molecule has 0 unspecified atom stereocenters. The maximum atomic E-state index is 12.2. The van der Waals surface area contributed by atoms with Crippen LogP contribution >= 0.6 is 0 Å². The molecule has 0 bridgehead atoms. The molecule has 0 aliphatic carbocycles. The second-order valence-corrected chi connectivity index (χ2v) is 7.09. The Morgan fingerprint density at radius 2 is 1.81 bits per heavy atom. The molecule has 0 aromatic heterocycles. The number of carbonyl (C=O) groups is 2. The van der Waals surface area contributed by atoms with Crippen LogP contribution in [-0.2, 0) is 9.53 Å². The molecule has 0 radical (unpaired) electrons. The van der Waals surface area contributed by atoms with Crippen LogP contribution < -0.4 is 15.0 Å². The molecule has 3 rings (SSSR count). The Kier molecular flexibility index (Phi) is 7.42. The van der Waals surface area contributed by atoms with E-state index < -0.39 is 23.4 Å². The van der Waals surface area contributed by atoms with E-state index in [0.29, 0.717) is 5.69 Å². The Morgan fingerprint density at radius 1 is 1.10 bits per heavy atom. The van der Waals surface area contributed by atoms with Crippen molar-refractivity contribution in [3.8, 4) is 5.75 Å². The molecular formula is C22H25N3O6. The van der Waals surface area contributed by atoms with Gasteiger partial charge in [-0.15, -0.1) is 0 Å². The van der Waals surface area contributed by atoms with Crippen LogP contribution in [0.5, 0.6) is 5.75 Å². The van der Waals surface area contributed by atoms with Gasteiger partial charge in [0.05, 0.1) is 17.1 Å². The van der Waals surface area contributed by atoms with Crippen LogP contribution in [0.15, 0.2) is 42.5 Å². The van der Waals surface area contributed by atoms with Gasteiger partial charge in [-0.2, -0.15) is 0 Å². The summed E-state index contributed by atoms with van der Waals surface area (Å²) in [5.74, 6) is -1.27. The van der Waals surface area contributed by atoms with E-state index in [2.05, 4.69) is 10.2 Å². The van der Waals surface area contributed by atoms with Gasteiger partial charge in [-0.05, 0) is 62.6 Å². The topological polar surface area (TPSA) is 111 Å². The van der Waals surface area contributed by atoms with Crippen LogP contribution in [-0.4, -0.2) is 43.1 Å². The summed E-state index contributed by atoms with van der Waals surface area (Å²) in [6.45, 7) is 3.51. The first kappa shape index (κ1) is 22.1. The fraction of sp³-hybridized carbons (Fsp3) is 0.364. The van der Waals surface area contributed by atoms with Crippen molar-refractivity contribution in [3.05, 3.63) is 58.1 Å². The molecule has 1 heterocycles. The summed E-state index contributed by atoms with van der Waals surface area (Å²) >= 11 is 0. The Labute approximate surface area is 180 Å². The van der Waals surface area contributed by atoms with Gasteiger partial charge in [0, 0.05) is 30.5 Å². The van der Waals surface area contributed by atoms with Gasteiger partial charge in [0.1, 0.15) is 0 Å². The van der Waals surface area contributed by atoms with Gasteiger partial charge < -0.3 is 19.7 Å². The Morgan fingerprint density at radius 3 is 2.45 bits per heavy atom. The van der Waals surface area contributed by atoms with E-state index in [4.69, 9.17) is 9.47 Å². The zero-order valence-corrected chi connectivity index (χ0v) is 17.3. The highest BCUT2D eigenvalue weighted by Crippen LogP contribution is 2.28. The normalized spacial score (nSPS) is 13.4. The number of benzene rings is 2. The quantitative estimate of drug-likeness (QED) is 0.388. The first-order valence-electron chi connectivity index (χ1n) is 10.2. The van der Waals surface area contributed by atoms with Crippen molar-refractivity contribution in [2.75, 3.05) is 36.5 Å². The number of rotatable bonds is 8. The average molecular weight is 427 g/mol. The standard InChI is InChI=1S/C22H25N3O6/c1-2-30-20-11-6-16(14-19(20)25(28)29)22(27)31-15-21(26)23-17-7-9-18(10-8-17)24-12-4-3-5-13-24/h6-11,14H,2-5,12-13,15H2,1H3,(H,23,26). The van der Waals surface area contributed by atoms with Gasteiger partial charge in [0.15, 0.2) is 12.4 Å². The van der Waals surface area contributed by atoms with Crippen molar-refractivity contribution in [3.63, 3.8) is 0 Å². The molecule has 9 nitrogen and oxygen atoms in total. The molecule has 1 saturated heterocycles. The number of amides is 1. The van der Waals surface area contributed by atoms with Crippen LogP contribution in [0, 0.1) is 10.1 Å². The lowest BCUT2D eigenvalue weighted by Gasteiger charge is -2.28. The molecule has 31 heavy (non-hydrogen) atoms. The van der Waals surface area contributed by atoms with E-state index in [1.54, 1.807) is 19.1 Å². The largest absolute Gasteiger partial charge is 0.487 e. The van der Waals surface area contributed by atoms with E-state index >= 15 is 0 Å². The monoisotopic (exact) mass is 427 g/mol. The molecule has 164 valence electrons. The van der Waals surface area contributed by atoms with Crippen LogP contribution in [0.25, 0.3) is 0 Å². The van der Waals surface area contributed by atoms with Crippen molar-refractivity contribution in [1.29, 1.82) is 0 Å². The third-order valence-electron chi connectivity index (χ3n) is 4.90. The second kappa shape index (κ2) is 10.4. The minimum atomic E-state index is -0.832. The zero-order valence-electron chi connectivity index (χ0n) is 17.3. The molecule has 9 heteroatoms. The van der Waals surface area contributed by atoms with E-state index in [9.17, 15) is 19.7 Å². The number of nitro groups is 1. The highest BCUT2D eigenvalue weighted by molar-refractivity contribution is 5.96. The van der Waals surface area contributed by atoms with Gasteiger partial charge in [0.2, 0.25) is 0 Å². The van der Waals surface area contributed by atoms with E-state index in [0.717, 1.165) is 24.8 Å². The number of anilines is 2. The number of esters is 1. The lowest BCUT2D eigenvalue weighted by molar-refractivity contribution is -0.385. The molecule has 2 aromatic rings. The first-order chi connectivity index (χ1) is 15.0. The van der Waals surface area contributed by atoms with Gasteiger partial charge >= 0.3 is 11.7 Å². The molecule has 2 aromatic carbocycles. The molecule has 0 spiro atoms. The summed E-state index contributed by atoms with van der Waals surface area (Å²) in [6, 6.07) is 11.3. The van der Waals surface area contributed by atoms with Gasteiger partial charge in [0.25, 0.3) is 5.91 Å². The summed E-state index contributed by atoms with van der Waals surface area (Å²) in [6.07, 6.45) is 3.62. The van der Waals surface area contributed by atoms with E-state index in [1.165, 1.54) is 31.4 Å². The number of nitrogens with zero attached hydrogens (tertiary/aromatic N) is 2. The molecule has 1 N–H and O–H groups in total. The van der Waals surface area contributed by atoms with Crippen LogP contribution in [0.1, 0.15) is 36.5 Å². The third kappa shape index (κ3) is 5.94. The van der Waals surface area contributed by atoms with E-state index in [-0.39, 0.29) is 23.6 Å². The number of nitrogens with one attached hydrogen (secondary N) is 1. The van der Waals surface area contributed by atoms with Crippen molar-refractivity contribution in [1.82, 2.24) is 0 Å². The first-order valence-corrected chi connectivity index (χ1v) is 10.2. The van der Waals surface area contributed by atoms with Crippen LogP contribution in [0.2, 0.25) is 0 Å². The van der Waals surface area contributed by atoms with Gasteiger partial charge in [-0.3, -0.25) is 14.9 Å². The summed E-state index contributed by atoms with van der Waals surface area (Å²) in [4.78, 5) is 37.2. The third-order valence-corrected chi connectivity index (χ3v) is 4.90. The average Bonchev–Trinajstić information content (AvgIpc) is 2.79. The molecule has 1 aliphatic heterocycles. The van der Waals surface area contributed by atoms with Crippen molar-refractivity contribution < 1.29 is 24.0 Å². The van der Waals surface area contributed by atoms with Crippen molar-refractivity contribution >= 4 is 28.9 Å². The minimum Gasteiger partial charge on any atom is -0.487 e. The summed E-state index contributed by atoms with van der Waals surface area (Å²) < 4.78 is 10.2. The summed E-state index contributed by atoms with van der Waals surface area (Å²) in [5.41, 5.74) is 1.34.